The fourth-order valence-corrected chi connectivity index (χ4v) is 2.03. The summed E-state index contributed by atoms with van der Waals surface area (Å²) in [5, 5.41) is 0. The predicted molar refractivity (Wildman–Crippen MR) is 44.6 cm³/mol. The highest BCUT2D eigenvalue weighted by molar-refractivity contribution is 4.85. The molecule has 0 bridgehead atoms. The second kappa shape index (κ2) is 3.11. The van der Waals surface area contributed by atoms with Crippen molar-refractivity contribution >= 4 is 0 Å². The number of hydrogen-bond acceptors (Lipinski definition) is 2. The van der Waals surface area contributed by atoms with E-state index >= 15 is 0 Å². The van der Waals surface area contributed by atoms with Gasteiger partial charge in [-0.05, 0) is 25.8 Å². The Kier molecular flexibility index (Phi) is 2.14. The zero-order valence-electron chi connectivity index (χ0n) is 7.25. The molecule has 64 valence electrons. The molecular formula is C9H17NO. The highest BCUT2D eigenvalue weighted by Gasteiger charge is 2.31. The lowest BCUT2D eigenvalue weighted by molar-refractivity contribution is -0.0323. The third-order valence-corrected chi connectivity index (χ3v) is 3.14. The van der Waals surface area contributed by atoms with Crippen LogP contribution in [0, 0.1) is 5.92 Å². The fourth-order valence-electron chi connectivity index (χ4n) is 2.03. The smallest absolute Gasteiger partial charge is 0.0625 e. The van der Waals surface area contributed by atoms with Crippen molar-refractivity contribution in [1.82, 2.24) is 4.90 Å². The van der Waals surface area contributed by atoms with Crippen LogP contribution in [-0.2, 0) is 4.74 Å². The van der Waals surface area contributed by atoms with Crippen LogP contribution >= 0.6 is 0 Å². The number of hydrogen-bond donors (Lipinski definition) is 0. The summed E-state index contributed by atoms with van der Waals surface area (Å²) >= 11 is 0. The number of likely N-dealkylation sites (N-methyl/N-ethyl adjacent to an activating group) is 1. The van der Waals surface area contributed by atoms with Crippen LogP contribution in [0.5, 0.6) is 0 Å². The van der Waals surface area contributed by atoms with Gasteiger partial charge >= 0.3 is 0 Å². The first-order chi connectivity index (χ1) is 5.38. The summed E-state index contributed by atoms with van der Waals surface area (Å²) in [6, 6.07) is 0.734. The average molecular weight is 155 g/mol. The molecule has 2 aliphatic rings. The van der Waals surface area contributed by atoms with Gasteiger partial charge in [-0.15, -0.1) is 0 Å². The van der Waals surface area contributed by atoms with Crippen LogP contribution in [0.2, 0.25) is 0 Å². The van der Waals surface area contributed by atoms with E-state index in [1.54, 1.807) is 0 Å². The van der Waals surface area contributed by atoms with E-state index in [1.165, 1.54) is 19.3 Å². The van der Waals surface area contributed by atoms with E-state index in [0.717, 1.165) is 31.7 Å². The van der Waals surface area contributed by atoms with Crippen LogP contribution in [0.1, 0.15) is 19.3 Å². The monoisotopic (exact) mass is 155 g/mol. The Balaban J connectivity index is 1.88. The third kappa shape index (κ3) is 1.42. The molecule has 2 nitrogen and oxygen atoms in total. The zero-order chi connectivity index (χ0) is 7.68. The molecule has 0 N–H and O–H groups in total. The van der Waals surface area contributed by atoms with Crippen molar-refractivity contribution in [3.63, 3.8) is 0 Å². The molecule has 0 spiro atoms. The summed E-state index contributed by atoms with van der Waals surface area (Å²) in [5.74, 6) is 0.945. The Morgan fingerprint density at radius 1 is 1.36 bits per heavy atom. The summed E-state index contributed by atoms with van der Waals surface area (Å²) in [6.45, 7) is 3.03. The maximum Gasteiger partial charge on any atom is 0.0625 e. The van der Waals surface area contributed by atoms with E-state index in [-0.39, 0.29) is 0 Å². The number of ether oxygens (including phenoxy) is 1. The van der Waals surface area contributed by atoms with Gasteiger partial charge in [0.2, 0.25) is 0 Å². The van der Waals surface area contributed by atoms with E-state index in [0.29, 0.717) is 0 Å². The second-order valence-electron chi connectivity index (χ2n) is 3.81. The standard InChI is InChI=1S/C9H17NO/c1-10-5-6-11-7-9(10)8-3-2-4-8/h8-9H,2-7H2,1H3. The van der Waals surface area contributed by atoms with Gasteiger partial charge in [0.05, 0.1) is 13.2 Å². The van der Waals surface area contributed by atoms with Crippen molar-refractivity contribution in [2.45, 2.75) is 25.3 Å². The Labute approximate surface area is 68.5 Å². The first-order valence-corrected chi connectivity index (χ1v) is 4.66. The zero-order valence-corrected chi connectivity index (χ0v) is 7.25. The van der Waals surface area contributed by atoms with Crippen molar-refractivity contribution in [2.24, 2.45) is 5.92 Å². The Morgan fingerprint density at radius 3 is 2.73 bits per heavy atom. The quantitative estimate of drug-likeness (QED) is 0.562. The molecule has 0 aromatic rings. The lowest BCUT2D eigenvalue weighted by atomic mass is 9.79. The summed E-state index contributed by atoms with van der Waals surface area (Å²) < 4.78 is 5.47. The molecule has 1 aliphatic heterocycles. The van der Waals surface area contributed by atoms with Gasteiger partial charge in [-0.25, -0.2) is 0 Å². The predicted octanol–water partition coefficient (Wildman–Crippen LogP) is 1.12. The van der Waals surface area contributed by atoms with E-state index < -0.39 is 0 Å². The van der Waals surface area contributed by atoms with E-state index in [2.05, 4.69) is 11.9 Å². The van der Waals surface area contributed by atoms with Gasteiger partial charge in [0, 0.05) is 12.6 Å². The molecule has 0 aromatic carbocycles. The van der Waals surface area contributed by atoms with Crippen LogP contribution < -0.4 is 0 Å². The molecule has 0 aromatic heterocycles. The van der Waals surface area contributed by atoms with Gasteiger partial charge in [-0.1, -0.05) is 6.42 Å². The van der Waals surface area contributed by atoms with Crippen LogP contribution in [-0.4, -0.2) is 37.7 Å². The lowest BCUT2D eigenvalue weighted by Crippen LogP contribution is -2.48. The molecule has 0 amide bonds. The lowest BCUT2D eigenvalue weighted by Gasteiger charge is -2.41. The number of rotatable bonds is 1. The van der Waals surface area contributed by atoms with Gasteiger partial charge in [-0.3, -0.25) is 4.90 Å². The van der Waals surface area contributed by atoms with Crippen molar-refractivity contribution < 1.29 is 4.74 Å². The fraction of sp³-hybridized carbons (Fsp3) is 1.00. The highest BCUT2D eigenvalue weighted by atomic mass is 16.5. The molecule has 2 rings (SSSR count). The number of nitrogens with zero attached hydrogens (tertiary/aromatic N) is 1. The highest BCUT2D eigenvalue weighted by Crippen LogP contribution is 2.32. The molecule has 2 heteroatoms. The van der Waals surface area contributed by atoms with Crippen LogP contribution in [0.15, 0.2) is 0 Å². The SMILES string of the molecule is CN1CCOCC1C1CCC1. The molecule has 1 saturated carbocycles. The van der Waals surface area contributed by atoms with Gasteiger partial charge < -0.3 is 4.74 Å². The Hall–Kier alpha value is -0.0800. The van der Waals surface area contributed by atoms with Crippen LogP contribution in [0.25, 0.3) is 0 Å². The van der Waals surface area contributed by atoms with Crippen molar-refractivity contribution in [3.8, 4) is 0 Å². The van der Waals surface area contributed by atoms with Crippen LogP contribution in [0.3, 0.4) is 0 Å². The first-order valence-electron chi connectivity index (χ1n) is 4.66. The summed E-state index contributed by atoms with van der Waals surface area (Å²) in [5.41, 5.74) is 0. The van der Waals surface area contributed by atoms with Gasteiger partial charge in [-0.2, -0.15) is 0 Å². The van der Waals surface area contributed by atoms with E-state index in [9.17, 15) is 0 Å². The summed E-state index contributed by atoms with van der Waals surface area (Å²) in [4.78, 5) is 2.47. The van der Waals surface area contributed by atoms with Crippen molar-refractivity contribution in [2.75, 3.05) is 26.8 Å². The molecule has 1 aliphatic carbocycles. The van der Waals surface area contributed by atoms with Gasteiger partial charge in [0.15, 0.2) is 0 Å². The van der Waals surface area contributed by atoms with Crippen molar-refractivity contribution in [3.05, 3.63) is 0 Å². The third-order valence-electron chi connectivity index (χ3n) is 3.14. The molecular weight excluding hydrogens is 138 g/mol. The van der Waals surface area contributed by atoms with Gasteiger partial charge in [0.25, 0.3) is 0 Å². The molecule has 1 atom stereocenters. The number of morpholine rings is 1. The average Bonchev–Trinajstić information content (AvgIpc) is 1.90. The minimum atomic E-state index is 0.734. The van der Waals surface area contributed by atoms with E-state index in [4.69, 9.17) is 4.74 Å². The maximum absolute atomic E-state index is 5.47. The largest absolute Gasteiger partial charge is 0.378 e. The maximum atomic E-state index is 5.47. The molecule has 0 radical (unpaired) electrons. The molecule has 2 fully saturated rings. The van der Waals surface area contributed by atoms with Crippen molar-refractivity contribution in [1.29, 1.82) is 0 Å². The van der Waals surface area contributed by atoms with E-state index in [1.807, 2.05) is 0 Å². The molecule has 1 unspecified atom stereocenters. The van der Waals surface area contributed by atoms with Gasteiger partial charge in [0.1, 0.15) is 0 Å². The second-order valence-corrected chi connectivity index (χ2v) is 3.81. The van der Waals surface area contributed by atoms with Crippen LogP contribution in [0.4, 0.5) is 0 Å². The minimum Gasteiger partial charge on any atom is -0.378 e. The first kappa shape index (κ1) is 7.56. The molecule has 1 saturated heterocycles. The topological polar surface area (TPSA) is 12.5 Å². The minimum absolute atomic E-state index is 0.734. The Morgan fingerprint density at radius 2 is 2.18 bits per heavy atom. The summed E-state index contributed by atoms with van der Waals surface area (Å²) in [6.07, 6.45) is 4.30. The molecule has 1 heterocycles. The summed E-state index contributed by atoms with van der Waals surface area (Å²) in [7, 11) is 2.23. The normalized spacial score (nSPS) is 35.2. The molecule has 11 heavy (non-hydrogen) atoms. The Bertz CT molecular complexity index is 132.